The standard InChI is InChI=1S/C25H36F4O2/c1-2-3-4-5-18-6-8-19(9-7-18)20-10-12-21(13-11-20)30-17-25(28,29)31-22-14-15-23(26)24(27)16-22/h14-16,18-21H,2-13,17H2,1H3. The molecule has 0 unspecified atom stereocenters. The smallest absolute Gasteiger partial charge is 0.421 e. The topological polar surface area (TPSA) is 18.5 Å². The SMILES string of the molecule is CCCCCC1CCC(C2CCC(OCC(F)(F)Oc3ccc(F)c(F)c3)CC2)CC1. The summed E-state index contributed by atoms with van der Waals surface area (Å²) in [6.07, 6.45) is 10.6. The second kappa shape index (κ2) is 11.5. The molecular formula is C25H36F4O2. The number of halogens is 4. The molecule has 0 radical (unpaired) electrons. The number of unbranched alkanes of at least 4 members (excludes halogenated alkanes) is 2. The number of hydrogen-bond acceptors (Lipinski definition) is 2. The molecule has 0 amide bonds. The van der Waals surface area contributed by atoms with Crippen LogP contribution >= 0.6 is 0 Å². The first-order valence-corrected chi connectivity index (χ1v) is 12.0. The van der Waals surface area contributed by atoms with Crippen LogP contribution in [0.4, 0.5) is 17.6 Å². The summed E-state index contributed by atoms with van der Waals surface area (Å²) in [5.41, 5.74) is 0. The molecule has 0 aromatic heterocycles. The van der Waals surface area contributed by atoms with Gasteiger partial charge >= 0.3 is 6.11 Å². The van der Waals surface area contributed by atoms with E-state index in [0.29, 0.717) is 12.0 Å². The molecule has 0 bridgehead atoms. The van der Waals surface area contributed by atoms with E-state index in [2.05, 4.69) is 11.7 Å². The molecule has 176 valence electrons. The van der Waals surface area contributed by atoms with Gasteiger partial charge in [-0.25, -0.2) is 8.78 Å². The Kier molecular flexibility index (Phi) is 9.06. The van der Waals surface area contributed by atoms with Gasteiger partial charge in [0, 0.05) is 6.07 Å². The first-order chi connectivity index (χ1) is 14.9. The van der Waals surface area contributed by atoms with Gasteiger partial charge in [-0.15, -0.1) is 0 Å². The Hall–Kier alpha value is -1.30. The molecule has 2 saturated carbocycles. The van der Waals surface area contributed by atoms with Crippen molar-refractivity contribution in [3.8, 4) is 5.75 Å². The quantitative estimate of drug-likeness (QED) is 0.270. The van der Waals surface area contributed by atoms with Crippen LogP contribution in [-0.4, -0.2) is 18.8 Å². The lowest BCUT2D eigenvalue weighted by molar-refractivity contribution is -0.222. The highest BCUT2D eigenvalue weighted by atomic mass is 19.3. The summed E-state index contributed by atoms with van der Waals surface area (Å²) >= 11 is 0. The maximum atomic E-state index is 14.0. The molecule has 0 N–H and O–H groups in total. The highest BCUT2D eigenvalue weighted by molar-refractivity contribution is 5.23. The third-order valence-corrected chi connectivity index (χ3v) is 7.14. The van der Waals surface area contributed by atoms with Gasteiger partial charge in [-0.05, 0) is 68.4 Å². The van der Waals surface area contributed by atoms with Crippen molar-refractivity contribution in [2.75, 3.05) is 6.61 Å². The zero-order chi connectivity index (χ0) is 22.3. The molecule has 3 rings (SSSR count). The van der Waals surface area contributed by atoms with Crippen molar-refractivity contribution < 1.29 is 27.0 Å². The Morgan fingerprint density at radius 1 is 0.871 bits per heavy atom. The van der Waals surface area contributed by atoms with E-state index in [1.165, 1.54) is 51.4 Å². The van der Waals surface area contributed by atoms with Gasteiger partial charge in [-0.2, -0.15) is 8.78 Å². The lowest BCUT2D eigenvalue weighted by Gasteiger charge is -2.38. The molecular weight excluding hydrogens is 408 g/mol. The highest BCUT2D eigenvalue weighted by Gasteiger charge is 2.36. The Morgan fingerprint density at radius 2 is 1.52 bits per heavy atom. The Labute approximate surface area is 183 Å². The van der Waals surface area contributed by atoms with Crippen molar-refractivity contribution in [1.82, 2.24) is 0 Å². The molecule has 0 aliphatic heterocycles. The number of benzene rings is 1. The van der Waals surface area contributed by atoms with Gasteiger partial charge in [-0.3, -0.25) is 0 Å². The van der Waals surface area contributed by atoms with E-state index in [9.17, 15) is 17.6 Å². The van der Waals surface area contributed by atoms with E-state index in [1.807, 2.05) is 0 Å². The summed E-state index contributed by atoms with van der Waals surface area (Å²) in [5, 5.41) is 0. The fourth-order valence-corrected chi connectivity index (χ4v) is 5.32. The van der Waals surface area contributed by atoms with E-state index in [-0.39, 0.29) is 6.10 Å². The van der Waals surface area contributed by atoms with Crippen LogP contribution in [0.3, 0.4) is 0 Å². The Bertz CT molecular complexity index is 665. The van der Waals surface area contributed by atoms with Crippen molar-refractivity contribution in [2.45, 2.75) is 96.2 Å². The predicted molar refractivity (Wildman–Crippen MR) is 113 cm³/mol. The van der Waals surface area contributed by atoms with E-state index < -0.39 is 30.1 Å². The average molecular weight is 445 g/mol. The third-order valence-electron chi connectivity index (χ3n) is 7.14. The van der Waals surface area contributed by atoms with Crippen LogP contribution in [0, 0.1) is 29.4 Å². The molecule has 2 aliphatic carbocycles. The molecule has 0 atom stereocenters. The van der Waals surface area contributed by atoms with Crippen molar-refractivity contribution >= 4 is 0 Å². The molecule has 2 aliphatic rings. The minimum absolute atomic E-state index is 0.193. The summed E-state index contributed by atoms with van der Waals surface area (Å²) in [4.78, 5) is 0. The first kappa shape index (κ1) is 24.3. The molecule has 1 aromatic carbocycles. The maximum absolute atomic E-state index is 14.0. The number of hydrogen-bond donors (Lipinski definition) is 0. The number of alkyl halides is 2. The normalized spacial score (nSPS) is 27.3. The van der Waals surface area contributed by atoms with Gasteiger partial charge in [-0.1, -0.05) is 45.4 Å². The molecule has 0 spiro atoms. The second-order valence-electron chi connectivity index (χ2n) is 9.44. The molecule has 0 heterocycles. The Morgan fingerprint density at radius 3 is 2.13 bits per heavy atom. The molecule has 6 heteroatoms. The van der Waals surface area contributed by atoms with E-state index in [0.717, 1.165) is 49.7 Å². The Balaban J connectivity index is 1.35. The summed E-state index contributed by atoms with van der Waals surface area (Å²) in [7, 11) is 0. The lowest BCUT2D eigenvalue weighted by Crippen LogP contribution is -2.35. The minimum Gasteiger partial charge on any atom is -0.431 e. The van der Waals surface area contributed by atoms with Crippen molar-refractivity contribution in [3.63, 3.8) is 0 Å². The summed E-state index contributed by atoms with van der Waals surface area (Å²) < 4.78 is 64.2. The van der Waals surface area contributed by atoms with E-state index >= 15 is 0 Å². The fraction of sp³-hybridized carbons (Fsp3) is 0.760. The van der Waals surface area contributed by atoms with Gasteiger partial charge in [0.2, 0.25) is 0 Å². The van der Waals surface area contributed by atoms with Crippen LogP contribution in [0.1, 0.15) is 84.0 Å². The van der Waals surface area contributed by atoms with Crippen LogP contribution in [0.2, 0.25) is 0 Å². The van der Waals surface area contributed by atoms with Crippen LogP contribution in [-0.2, 0) is 4.74 Å². The molecule has 0 saturated heterocycles. The summed E-state index contributed by atoms with van der Waals surface area (Å²) in [5.74, 6) is -0.367. The van der Waals surface area contributed by atoms with Gasteiger partial charge in [0.05, 0.1) is 6.10 Å². The third kappa shape index (κ3) is 7.65. The molecule has 2 fully saturated rings. The van der Waals surface area contributed by atoms with Crippen LogP contribution < -0.4 is 4.74 Å². The second-order valence-corrected chi connectivity index (χ2v) is 9.44. The lowest BCUT2D eigenvalue weighted by atomic mass is 9.70. The highest BCUT2D eigenvalue weighted by Crippen LogP contribution is 2.41. The number of ether oxygens (including phenoxy) is 2. The van der Waals surface area contributed by atoms with E-state index in [1.54, 1.807) is 0 Å². The fourth-order valence-electron chi connectivity index (χ4n) is 5.32. The molecule has 1 aromatic rings. The average Bonchev–Trinajstić information content (AvgIpc) is 2.76. The van der Waals surface area contributed by atoms with Crippen molar-refractivity contribution in [2.24, 2.45) is 17.8 Å². The van der Waals surface area contributed by atoms with Crippen LogP contribution in [0.25, 0.3) is 0 Å². The molecule has 2 nitrogen and oxygen atoms in total. The number of rotatable bonds is 10. The van der Waals surface area contributed by atoms with Gasteiger partial charge in [0.25, 0.3) is 0 Å². The zero-order valence-corrected chi connectivity index (χ0v) is 18.6. The zero-order valence-electron chi connectivity index (χ0n) is 18.6. The van der Waals surface area contributed by atoms with Crippen LogP contribution in [0.5, 0.6) is 5.75 Å². The van der Waals surface area contributed by atoms with Gasteiger partial charge in [0.15, 0.2) is 18.2 Å². The van der Waals surface area contributed by atoms with Crippen molar-refractivity contribution in [3.05, 3.63) is 29.8 Å². The maximum Gasteiger partial charge on any atom is 0.421 e. The monoisotopic (exact) mass is 444 g/mol. The summed E-state index contributed by atoms with van der Waals surface area (Å²) in [6.45, 7) is 1.36. The largest absolute Gasteiger partial charge is 0.431 e. The minimum atomic E-state index is -3.59. The van der Waals surface area contributed by atoms with Gasteiger partial charge in [0.1, 0.15) is 5.75 Å². The first-order valence-electron chi connectivity index (χ1n) is 12.0. The van der Waals surface area contributed by atoms with Crippen LogP contribution in [0.15, 0.2) is 18.2 Å². The van der Waals surface area contributed by atoms with E-state index in [4.69, 9.17) is 4.74 Å². The van der Waals surface area contributed by atoms with Crippen molar-refractivity contribution in [1.29, 1.82) is 0 Å². The van der Waals surface area contributed by atoms with Gasteiger partial charge < -0.3 is 9.47 Å². The summed E-state index contributed by atoms with van der Waals surface area (Å²) in [6, 6.07) is 2.37. The predicted octanol–water partition coefficient (Wildman–Crippen LogP) is 7.90. The molecule has 31 heavy (non-hydrogen) atoms.